The van der Waals surface area contributed by atoms with E-state index < -0.39 is 12.0 Å². The summed E-state index contributed by atoms with van der Waals surface area (Å²) in [5, 5.41) is 9.51. The number of benzene rings is 1. The summed E-state index contributed by atoms with van der Waals surface area (Å²) >= 11 is 2.86. The van der Waals surface area contributed by atoms with Crippen LogP contribution in [0.3, 0.4) is 0 Å². The minimum absolute atomic E-state index is 0.0165. The van der Waals surface area contributed by atoms with Crippen LogP contribution in [0.1, 0.15) is 38.7 Å². The number of hydrogen-bond acceptors (Lipinski definition) is 5. The van der Waals surface area contributed by atoms with Gasteiger partial charge in [-0.2, -0.15) is 11.8 Å². The molecule has 5 nitrogen and oxygen atoms in total. The molecule has 3 atom stereocenters. The Hall–Kier alpha value is -1.47. The second kappa shape index (κ2) is 10.0. The van der Waals surface area contributed by atoms with Gasteiger partial charge in [0.05, 0.1) is 0 Å². The van der Waals surface area contributed by atoms with E-state index in [4.69, 9.17) is 0 Å². The monoisotopic (exact) mass is 395 g/mol. The zero-order valence-corrected chi connectivity index (χ0v) is 16.7. The average molecular weight is 396 g/mol. The van der Waals surface area contributed by atoms with Crippen LogP contribution in [0.4, 0.5) is 0 Å². The third-order valence-corrected chi connectivity index (χ3v) is 6.87. The number of carbonyl (C=O) groups excluding carboxylic acids is 2. The van der Waals surface area contributed by atoms with E-state index in [1.807, 2.05) is 37.3 Å². The summed E-state index contributed by atoms with van der Waals surface area (Å²) in [6, 6.07) is 9.26. The van der Waals surface area contributed by atoms with Crippen LogP contribution in [0.5, 0.6) is 0 Å². The van der Waals surface area contributed by atoms with Crippen molar-refractivity contribution in [3.63, 3.8) is 0 Å². The van der Waals surface area contributed by atoms with E-state index in [2.05, 4.69) is 0 Å². The summed E-state index contributed by atoms with van der Waals surface area (Å²) in [6.45, 7) is 3.88. The van der Waals surface area contributed by atoms with Crippen LogP contribution >= 0.6 is 23.5 Å². The number of hydrogen-bond donors (Lipinski definition) is 1. The van der Waals surface area contributed by atoms with Crippen LogP contribution in [-0.4, -0.2) is 50.1 Å². The normalized spacial score (nSPS) is 20.8. The molecule has 0 spiro atoms. The molecule has 1 aliphatic heterocycles. The number of amides is 1. The molecule has 1 N–H and O–H groups in total. The highest BCUT2D eigenvalue weighted by Gasteiger charge is 2.40. The Morgan fingerprint density at radius 3 is 2.54 bits per heavy atom. The van der Waals surface area contributed by atoms with E-state index in [9.17, 15) is 19.5 Å². The SMILES string of the molecule is CCC(CC(=O)N1C[C@@H](SCc2ccccc2)C[C@H]1C(=O)O)SC(C)=O. The number of likely N-dealkylation sites (tertiary alicyclic amines) is 1. The summed E-state index contributed by atoms with van der Waals surface area (Å²) in [7, 11) is 0. The maximum absolute atomic E-state index is 12.7. The van der Waals surface area contributed by atoms with E-state index in [0.717, 1.165) is 5.75 Å². The molecule has 142 valence electrons. The van der Waals surface area contributed by atoms with E-state index in [1.165, 1.54) is 29.1 Å². The van der Waals surface area contributed by atoms with Crippen LogP contribution in [0.2, 0.25) is 0 Å². The molecule has 1 fully saturated rings. The lowest BCUT2D eigenvalue weighted by molar-refractivity contribution is -0.148. The summed E-state index contributed by atoms with van der Waals surface area (Å²) in [4.78, 5) is 37.1. The minimum atomic E-state index is -0.951. The molecular formula is C19H25NO4S2. The maximum Gasteiger partial charge on any atom is 0.326 e. The molecule has 0 aliphatic carbocycles. The first kappa shape index (κ1) is 20.8. The Bertz CT molecular complexity index is 638. The topological polar surface area (TPSA) is 74.7 Å². The molecule has 0 aromatic heterocycles. The fraction of sp³-hybridized carbons (Fsp3) is 0.526. The zero-order chi connectivity index (χ0) is 19.1. The number of carboxylic acids is 1. The van der Waals surface area contributed by atoms with Gasteiger partial charge in [0.15, 0.2) is 5.12 Å². The summed E-state index contributed by atoms with van der Waals surface area (Å²) < 4.78 is 0. The smallest absolute Gasteiger partial charge is 0.326 e. The van der Waals surface area contributed by atoms with Gasteiger partial charge < -0.3 is 10.0 Å². The van der Waals surface area contributed by atoms with Crippen molar-refractivity contribution < 1.29 is 19.5 Å². The van der Waals surface area contributed by atoms with Gasteiger partial charge in [0.1, 0.15) is 6.04 Å². The van der Waals surface area contributed by atoms with Crippen molar-refractivity contribution in [1.82, 2.24) is 4.90 Å². The van der Waals surface area contributed by atoms with Gasteiger partial charge in [0.25, 0.3) is 0 Å². The molecule has 1 aliphatic rings. The lowest BCUT2D eigenvalue weighted by atomic mass is 10.2. The highest BCUT2D eigenvalue weighted by molar-refractivity contribution is 8.14. The minimum Gasteiger partial charge on any atom is -0.480 e. The summed E-state index contributed by atoms with van der Waals surface area (Å²) in [5.41, 5.74) is 1.19. The van der Waals surface area contributed by atoms with E-state index >= 15 is 0 Å². The summed E-state index contributed by atoms with van der Waals surface area (Å²) in [6.07, 6.45) is 1.38. The molecular weight excluding hydrogens is 370 g/mol. The molecule has 1 amide bonds. The fourth-order valence-corrected chi connectivity index (χ4v) is 5.10. The molecule has 1 aromatic rings. The van der Waals surface area contributed by atoms with Crippen molar-refractivity contribution in [2.24, 2.45) is 0 Å². The molecule has 1 heterocycles. The van der Waals surface area contributed by atoms with Crippen LogP contribution in [0.25, 0.3) is 0 Å². The molecule has 2 rings (SSSR count). The van der Waals surface area contributed by atoms with Crippen molar-refractivity contribution in [1.29, 1.82) is 0 Å². The lowest BCUT2D eigenvalue weighted by Crippen LogP contribution is -2.41. The first-order chi connectivity index (χ1) is 12.4. The largest absolute Gasteiger partial charge is 0.480 e. The first-order valence-corrected chi connectivity index (χ1v) is 10.7. The quantitative estimate of drug-likeness (QED) is 0.727. The maximum atomic E-state index is 12.7. The van der Waals surface area contributed by atoms with Crippen LogP contribution in [0, 0.1) is 0 Å². The van der Waals surface area contributed by atoms with Gasteiger partial charge in [-0.25, -0.2) is 4.79 Å². The van der Waals surface area contributed by atoms with Gasteiger partial charge in [-0.1, -0.05) is 49.0 Å². The predicted molar refractivity (Wildman–Crippen MR) is 106 cm³/mol. The van der Waals surface area contributed by atoms with Gasteiger partial charge in [-0.05, 0) is 18.4 Å². The van der Waals surface area contributed by atoms with Gasteiger partial charge in [0.2, 0.25) is 5.91 Å². The molecule has 0 saturated carbocycles. The van der Waals surface area contributed by atoms with Crippen molar-refractivity contribution in [3.05, 3.63) is 35.9 Å². The highest BCUT2D eigenvalue weighted by atomic mass is 32.2. The van der Waals surface area contributed by atoms with Crippen molar-refractivity contribution in [2.75, 3.05) is 6.54 Å². The number of aliphatic carboxylic acids is 1. The molecule has 1 unspecified atom stereocenters. The Balaban J connectivity index is 1.96. The predicted octanol–water partition coefficient (Wildman–Crippen LogP) is 3.42. The number of carboxylic acid groups (broad SMARTS) is 1. The second-order valence-electron chi connectivity index (χ2n) is 6.40. The van der Waals surface area contributed by atoms with Gasteiger partial charge in [-0.3, -0.25) is 9.59 Å². The zero-order valence-electron chi connectivity index (χ0n) is 15.1. The third-order valence-electron chi connectivity index (χ3n) is 4.39. The van der Waals surface area contributed by atoms with Gasteiger partial charge in [0, 0.05) is 36.1 Å². The Morgan fingerprint density at radius 2 is 1.96 bits per heavy atom. The lowest BCUT2D eigenvalue weighted by Gasteiger charge is -2.23. The van der Waals surface area contributed by atoms with E-state index in [-0.39, 0.29) is 27.9 Å². The Labute approximate surface area is 162 Å². The third kappa shape index (κ3) is 6.06. The Kier molecular flexibility index (Phi) is 8.03. The van der Waals surface area contributed by atoms with Crippen molar-refractivity contribution in [3.8, 4) is 0 Å². The molecule has 0 bridgehead atoms. The van der Waals surface area contributed by atoms with E-state index in [0.29, 0.717) is 19.4 Å². The molecule has 0 radical (unpaired) electrons. The fourth-order valence-electron chi connectivity index (χ4n) is 3.03. The van der Waals surface area contributed by atoms with Gasteiger partial charge in [-0.15, -0.1) is 0 Å². The molecule has 1 saturated heterocycles. The number of nitrogens with zero attached hydrogens (tertiary/aromatic N) is 1. The van der Waals surface area contributed by atoms with Crippen LogP contribution < -0.4 is 0 Å². The number of carbonyl (C=O) groups is 3. The highest BCUT2D eigenvalue weighted by Crippen LogP contribution is 2.31. The van der Waals surface area contributed by atoms with Crippen molar-refractivity contribution >= 4 is 40.5 Å². The van der Waals surface area contributed by atoms with Crippen LogP contribution in [0.15, 0.2) is 30.3 Å². The Morgan fingerprint density at radius 1 is 1.27 bits per heavy atom. The standard InChI is InChI=1S/C19H25NO4S2/c1-3-15(26-13(2)21)10-18(22)20-11-16(9-17(20)19(23)24)25-12-14-7-5-4-6-8-14/h4-8,15-17H,3,9-12H2,1-2H3,(H,23,24)/t15?,16-,17-/m0/s1. The number of rotatable bonds is 8. The van der Waals surface area contributed by atoms with Crippen molar-refractivity contribution in [2.45, 2.75) is 55.4 Å². The average Bonchev–Trinajstić information content (AvgIpc) is 3.04. The summed E-state index contributed by atoms with van der Waals surface area (Å²) in [5.74, 6) is -0.313. The number of thioether (sulfide) groups is 2. The van der Waals surface area contributed by atoms with E-state index in [1.54, 1.807) is 11.8 Å². The first-order valence-electron chi connectivity index (χ1n) is 8.75. The molecule has 1 aromatic carbocycles. The van der Waals surface area contributed by atoms with Gasteiger partial charge >= 0.3 is 5.97 Å². The molecule has 7 heteroatoms. The second-order valence-corrected chi connectivity index (χ2v) is 9.16. The molecule has 26 heavy (non-hydrogen) atoms. The van der Waals surface area contributed by atoms with Crippen LogP contribution in [-0.2, 0) is 20.1 Å².